The van der Waals surface area contributed by atoms with Gasteiger partial charge in [-0.25, -0.2) is 4.98 Å². The van der Waals surface area contributed by atoms with Crippen LogP contribution in [0.5, 0.6) is 0 Å². The third-order valence-electron chi connectivity index (χ3n) is 4.74. The minimum Gasteiger partial charge on any atom is -0.368 e. The monoisotopic (exact) mass is 353 g/mol. The van der Waals surface area contributed by atoms with E-state index >= 15 is 0 Å². The maximum absolute atomic E-state index is 5.81. The molecule has 0 unspecified atom stereocenters. The number of aromatic nitrogens is 4. The second-order valence-electron chi connectivity index (χ2n) is 6.62. The third-order valence-corrected chi connectivity index (χ3v) is 4.74. The molecular formula is C19H23N5O2. The molecule has 0 saturated carbocycles. The molecule has 1 aromatic carbocycles. The van der Waals surface area contributed by atoms with Gasteiger partial charge in [-0.1, -0.05) is 23.4 Å². The molecule has 7 nitrogen and oxygen atoms in total. The maximum atomic E-state index is 5.81. The van der Waals surface area contributed by atoms with Crippen molar-refractivity contribution in [2.75, 3.05) is 13.2 Å². The van der Waals surface area contributed by atoms with E-state index in [-0.39, 0.29) is 6.10 Å². The maximum Gasteiger partial charge on any atom is 0.256 e. The van der Waals surface area contributed by atoms with Gasteiger partial charge in [0.05, 0.1) is 11.9 Å². The molecule has 2 atom stereocenters. The molecule has 1 aliphatic rings. The number of ether oxygens (including phenoxy) is 1. The molecule has 0 spiro atoms. The van der Waals surface area contributed by atoms with E-state index in [9.17, 15) is 0 Å². The molecule has 7 heteroatoms. The van der Waals surface area contributed by atoms with E-state index in [1.165, 1.54) is 0 Å². The summed E-state index contributed by atoms with van der Waals surface area (Å²) in [6.07, 6.45) is 2.79. The SMILES string of the molecule is Cc1noc([C@H]2OCC[C@H]2CNCc2cnc(C)n2-c2ccccc2)n1. The number of imidazole rings is 1. The lowest BCUT2D eigenvalue weighted by atomic mass is 10.0. The zero-order valence-electron chi connectivity index (χ0n) is 15.1. The average Bonchev–Trinajstić information content (AvgIpc) is 3.36. The first kappa shape index (κ1) is 16.9. The zero-order chi connectivity index (χ0) is 17.9. The number of para-hydroxylation sites is 1. The van der Waals surface area contributed by atoms with Crippen molar-refractivity contribution in [2.45, 2.75) is 32.9 Å². The average molecular weight is 353 g/mol. The lowest BCUT2D eigenvalue weighted by molar-refractivity contribution is 0.0623. The predicted molar refractivity (Wildman–Crippen MR) is 95.8 cm³/mol. The van der Waals surface area contributed by atoms with Crippen molar-refractivity contribution in [2.24, 2.45) is 5.92 Å². The predicted octanol–water partition coefficient (Wildman–Crippen LogP) is 2.74. The van der Waals surface area contributed by atoms with Crippen molar-refractivity contribution in [3.8, 4) is 5.69 Å². The summed E-state index contributed by atoms with van der Waals surface area (Å²) < 4.78 is 13.3. The minimum absolute atomic E-state index is 0.121. The van der Waals surface area contributed by atoms with Crippen molar-refractivity contribution in [3.05, 3.63) is 59.8 Å². The molecule has 3 aromatic rings. The molecule has 136 valence electrons. The molecule has 2 aromatic heterocycles. The van der Waals surface area contributed by atoms with Gasteiger partial charge in [0.15, 0.2) is 5.82 Å². The number of nitrogens with zero attached hydrogens (tertiary/aromatic N) is 4. The standard InChI is InChI=1S/C19H23N5O2/c1-13-22-19(26-23-13)18-15(8-9-25-18)10-20-11-17-12-21-14(2)24(17)16-6-4-3-5-7-16/h3-7,12,15,18,20H,8-11H2,1-2H3/t15-,18-/m0/s1. The smallest absolute Gasteiger partial charge is 0.256 e. The van der Waals surface area contributed by atoms with E-state index in [1.54, 1.807) is 0 Å². The third kappa shape index (κ3) is 3.40. The van der Waals surface area contributed by atoms with Gasteiger partial charge in [0.25, 0.3) is 5.89 Å². The van der Waals surface area contributed by atoms with E-state index in [2.05, 4.69) is 37.1 Å². The number of aryl methyl sites for hydroxylation is 2. The topological polar surface area (TPSA) is 78.0 Å². The summed E-state index contributed by atoms with van der Waals surface area (Å²) >= 11 is 0. The number of benzene rings is 1. The van der Waals surface area contributed by atoms with Crippen LogP contribution in [0, 0.1) is 19.8 Å². The van der Waals surface area contributed by atoms with E-state index < -0.39 is 0 Å². The van der Waals surface area contributed by atoms with Crippen LogP contribution >= 0.6 is 0 Å². The molecule has 4 rings (SSSR count). The first-order valence-electron chi connectivity index (χ1n) is 8.93. The Hall–Kier alpha value is -2.51. The molecule has 26 heavy (non-hydrogen) atoms. The summed E-state index contributed by atoms with van der Waals surface area (Å²) in [7, 11) is 0. The molecule has 0 bridgehead atoms. The van der Waals surface area contributed by atoms with Crippen LogP contribution in [0.15, 0.2) is 41.1 Å². The molecule has 0 amide bonds. The lowest BCUT2D eigenvalue weighted by Gasteiger charge is -2.16. The van der Waals surface area contributed by atoms with Crippen molar-refractivity contribution in [1.29, 1.82) is 0 Å². The fraction of sp³-hybridized carbons (Fsp3) is 0.421. The Kier molecular flexibility index (Phi) is 4.81. The van der Waals surface area contributed by atoms with Crippen LogP contribution in [0.25, 0.3) is 5.69 Å². The lowest BCUT2D eigenvalue weighted by Crippen LogP contribution is -2.25. The Morgan fingerprint density at radius 1 is 1.23 bits per heavy atom. The van der Waals surface area contributed by atoms with Gasteiger partial charge >= 0.3 is 0 Å². The fourth-order valence-corrected chi connectivity index (χ4v) is 3.48. The van der Waals surface area contributed by atoms with Crippen LogP contribution in [0.3, 0.4) is 0 Å². The van der Waals surface area contributed by atoms with E-state index in [0.29, 0.717) is 17.6 Å². The molecule has 1 saturated heterocycles. The normalized spacial score (nSPS) is 19.9. The van der Waals surface area contributed by atoms with Gasteiger partial charge in [0, 0.05) is 31.3 Å². The van der Waals surface area contributed by atoms with Gasteiger partial charge in [-0.05, 0) is 32.4 Å². The summed E-state index contributed by atoms with van der Waals surface area (Å²) in [5.74, 6) is 2.53. The minimum atomic E-state index is -0.121. The van der Waals surface area contributed by atoms with Crippen LogP contribution in [0.2, 0.25) is 0 Å². The highest BCUT2D eigenvalue weighted by Gasteiger charge is 2.33. The summed E-state index contributed by atoms with van der Waals surface area (Å²) in [4.78, 5) is 8.80. The number of hydrogen-bond acceptors (Lipinski definition) is 6. The van der Waals surface area contributed by atoms with Crippen molar-refractivity contribution in [1.82, 2.24) is 25.0 Å². The molecule has 0 radical (unpaired) electrons. The summed E-state index contributed by atoms with van der Waals surface area (Å²) in [6.45, 7) is 6.13. The summed E-state index contributed by atoms with van der Waals surface area (Å²) in [5, 5.41) is 7.42. The molecule has 1 N–H and O–H groups in total. The molecule has 1 fully saturated rings. The molecule has 3 heterocycles. The number of hydrogen-bond donors (Lipinski definition) is 1. The van der Waals surface area contributed by atoms with E-state index in [1.807, 2.05) is 38.2 Å². The first-order valence-corrected chi connectivity index (χ1v) is 8.93. The quantitative estimate of drug-likeness (QED) is 0.734. The van der Waals surface area contributed by atoms with E-state index in [0.717, 1.165) is 43.3 Å². The highest BCUT2D eigenvalue weighted by Crippen LogP contribution is 2.33. The fourth-order valence-electron chi connectivity index (χ4n) is 3.48. The van der Waals surface area contributed by atoms with Gasteiger partial charge in [-0.3, -0.25) is 4.57 Å². The van der Waals surface area contributed by atoms with Gasteiger partial charge in [0.2, 0.25) is 0 Å². The van der Waals surface area contributed by atoms with Crippen molar-refractivity contribution >= 4 is 0 Å². The van der Waals surface area contributed by atoms with Crippen LogP contribution in [-0.4, -0.2) is 32.8 Å². The van der Waals surface area contributed by atoms with E-state index in [4.69, 9.17) is 9.26 Å². The summed E-state index contributed by atoms with van der Waals surface area (Å²) in [5.41, 5.74) is 2.26. The first-order chi connectivity index (χ1) is 12.7. The van der Waals surface area contributed by atoms with Gasteiger partial charge < -0.3 is 14.6 Å². The van der Waals surface area contributed by atoms with Crippen LogP contribution < -0.4 is 5.32 Å². The Balaban J connectivity index is 1.41. The number of rotatable bonds is 6. The Morgan fingerprint density at radius 2 is 2.08 bits per heavy atom. The Bertz CT molecular complexity index is 858. The van der Waals surface area contributed by atoms with Crippen molar-refractivity contribution in [3.63, 3.8) is 0 Å². The van der Waals surface area contributed by atoms with Gasteiger partial charge in [0.1, 0.15) is 11.9 Å². The zero-order valence-corrected chi connectivity index (χ0v) is 15.1. The summed E-state index contributed by atoms with van der Waals surface area (Å²) in [6, 6.07) is 10.3. The van der Waals surface area contributed by atoms with Crippen LogP contribution in [0.1, 0.15) is 35.8 Å². The largest absolute Gasteiger partial charge is 0.368 e. The van der Waals surface area contributed by atoms with Crippen LogP contribution in [0.4, 0.5) is 0 Å². The number of nitrogens with one attached hydrogen (secondary N) is 1. The Morgan fingerprint density at radius 3 is 2.85 bits per heavy atom. The highest BCUT2D eigenvalue weighted by molar-refractivity contribution is 5.35. The van der Waals surface area contributed by atoms with Gasteiger partial charge in [-0.15, -0.1) is 0 Å². The van der Waals surface area contributed by atoms with Crippen molar-refractivity contribution < 1.29 is 9.26 Å². The molecule has 1 aliphatic heterocycles. The molecule has 0 aliphatic carbocycles. The second kappa shape index (κ2) is 7.39. The Labute approximate surface area is 152 Å². The van der Waals surface area contributed by atoms with Crippen LogP contribution in [-0.2, 0) is 11.3 Å². The molecular weight excluding hydrogens is 330 g/mol. The highest BCUT2D eigenvalue weighted by atomic mass is 16.5. The van der Waals surface area contributed by atoms with Gasteiger partial charge in [-0.2, -0.15) is 4.98 Å². The second-order valence-corrected chi connectivity index (χ2v) is 6.62.